The number of benzene rings is 1. The van der Waals surface area contributed by atoms with Crippen molar-refractivity contribution < 1.29 is 9.53 Å². The van der Waals surface area contributed by atoms with Crippen molar-refractivity contribution in [3.63, 3.8) is 0 Å². The highest BCUT2D eigenvalue weighted by atomic mass is 16.5. The zero-order chi connectivity index (χ0) is 13.8. The number of amides is 1. The van der Waals surface area contributed by atoms with Crippen LogP contribution in [0.2, 0.25) is 0 Å². The topological polar surface area (TPSA) is 50.4 Å². The van der Waals surface area contributed by atoms with Crippen LogP contribution in [0.15, 0.2) is 18.2 Å². The highest BCUT2D eigenvalue weighted by Crippen LogP contribution is 2.36. The highest BCUT2D eigenvalue weighted by molar-refractivity contribution is 5.98. The van der Waals surface area contributed by atoms with Gasteiger partial charge in [0.05, 0.1) is 12.3 Å². The molecular formula is C15H22N2O2. The van der Waals surface area contributed by atoms with Crippen molar-refractivity contribution in [1.29, 1.82) is 0 Å². The first-order valence-corrected chi connectivity index (χ1v) is 6.94. The summed E-state index contributed by atoms with van der Waals surface area (Å²) in [5.41, 5.74) is 1.71. The van der Waals surface area contributed by atoms with E-state index >= 15 is 0 Å². The lowest BCUT2D eigenvalue weighted by Gasteiger charge is -2.20. The lowest BCUT2D eigenvalue weighted by atomic mass is 10.0. The van der Waals surface area contributed by atoms with Gasteiger partial charge in [-0.15, -0.1) is 0 Å². The molecule has 0 fully saturated rings. The minimum absolute atomic E-state index is 0.0394. The maximum absolute atomic E-state index is 12.0. The Balaban J connectivity index is 2.31. The Morgan fingerprint density at radius 1 is 1.42 bits per heavy atom. The van der Waals surface area contributed by atoms with E-state index < -0.39 is 0 Å². The van der Waals surface area contributed by atoms with Crippen LogP contribution in [0, 0.1) is 5.92 Å². The van der Waals surface area contributed by atoms with Crippen molar-refractivity contribution >= 4 is 17.3 Å². The summed E-state index contributed by atoms with van der Waals surface area (Å²) in [6.07, 6.45) is 1.43. The molecule has 0 aliphatic carbocycles. The van der Waals surface area contributed by atoms with E-state index in [2.05, 4.69) is 31.4 Å². The summed E-state index contributed by atoms with van der Waals surface area (Å²) in [5.74, 6) is 1.18. The van der Waals surface area contributed by atoms with Crippen LogP contribution >= 0.6 is 0 Å². The average molecular weight is 262 g/mol. The largest absolute Gasteiger partial charge is 0.491 e. The first-order valence-electron chi connectivity index (χ1n) is 6.94. The summed E-state index contributed by atoms with van der Waals surface area (Å²) >= 11 is 0. The van der Waals surface area contributed by atoms with Crippen LogP contribution in [0.4, 0.5) is 11.4 Å². The minimum Gasteiger partial charge on any atom is -0.491 e. The van der Waals surface area contributed by atoms with E-state index in [-0.39, 0.29) is 11.9 Å². The zero-order valence-corrected chi connectivity index (χ0v) is 11.8. The van der Waals surface area contributed by atoms with Crippen LogP contribution in [0.5, 0.6) is 5.75 Å². The van der Waals surface area contributed by atoms with Crippen LogP contribution in [-0.4, -0.2) is 18.6 Å². The van der Waals surface area contributed by atoms with E-state index in [9.17, 15) is 4.79 Å². The van der Waals surface area contributed by atoms with Gasteiger partial charge < -0.3 is 15.4 Å². The molecule has 1 aliphatic heterocycles. The molecule has 0 bridgehead atoms. The first-order chi connectivity index (χ1) is 9.11. The smallest absolute Gasteiger partial charge is 0.226 e. The number of fused-ring (bicyclic) bond motifs is 1. The van der Waals surface area contributed by atoms with Crippen LogP contribution in [-0.2, 0) is 4.79 Å². The molecular weight excluding hydrogens is 240 g/mol. The van der Waals surface area contributed by atoms with Gasteiger partial charge in [-0.3, -0.25) is 4.79 Å². The SMILES string of the molecule is CCCOc1cccc2c1NC(=O)CC(C(C)C)N2. The van der Waals surface area contributed by atoms with E-state index in [0.717, 1.165) is 23.5 Å². The third-order valence-electron chi connectivity index (χ3n) is 3.30. The Morgan fingerprint density at radius 3 is 2.89 bits per heavy atom. The predicted octanol–water partition coefficient (Wildman–Crippen LogP) is 3.25. The molecule has 0 saturated heterocycles. The molecule has 0 saturated carbocycles. The van der Waals surface area contributed by atoms with Crippen LogP contribution in [0.3, 0.4) is 0 Å². The Labute approximate surface area is 114 Å². The second-order valence-corrected chi connectivity index (χ2v) is 5.27. The van der Waals surface area contributed by atoms with E-state index in [1.54, 1.807) is 0 Å². The molecule has 4 nitrogen and oxygen atoms in total. The summed E-state index contributed by atoms with van der Waals surface area (Å²) in [4.78, 5) is 12.0. The van der Waals surface area contributed by atoms with Crippen LogP contribution in [0.25, 0.3) is 0 Å². The van der Waals surface area contributed by atoms with Crippen molar-refractivity contribution in [2.24, 2.45) is 5.92 Å². The standard InChI is InChI=1S/C15H22N2O2/c1-4-8-19-13-7-5-6-11-15(13)17-14(18)9-12(16-11)10(2)3/h5-7,10,12,16H,4,8-9H2,1-3H3,(H,17,18). The Morgan fingerprint density at radius 2 is 2.21 bits per heavy atom. The molecule has 104 valence electrons. The number of hydrogen-bond acceptors (Lipinski definition) is 3. The third-order valence-corrected chi connectivity index (χ3v) is 3.30. The van der Waals surface area contributed by atoms with Gasteiger partial charge in [0.1, 0.15) is 11.4 Å². The number of carbonyl (C=O) groups excluding carboxylic acids is 1. The van der Waals surface area contributed by atoms with Crippen molar-refractivity contribution in [3.05, 3.63) is 18.2 Å². The van der Waals surface area contributed by atoms with Crippen molar-refractivity contribution in [2.45, 2.75) is 39.7 Å². The molecule has 0 spiro atoms. The number of para-hydroxylation sites is 1. The molecule has 1 aromatic carbocycles. The zero-order valence-electron chi connectivity index (χ0n) is 11.8. The predicted molar refractivity (Wildman–Crippen MR) is 77.7 cm³/mol. The molecule has 1 unspecified atom stereocenters. The molecule has 1 aromatic rings. The molecule has 19 heavy (non-hydrogen) atoms. The third kappa shape index (κ3) is 3.19. The monoisotopic (exact) mass is 262 g/mol. The van der Waals surface area contributed by atoms with E-state index in [1.807, 2.05) is 18.2 Å². The quantitative estimate of drug-likeness (QED) is 0.875. The molecule has 1 amide bonds. The van der Waals surface area contributed by atoms with Gasteiger partial charge in [0.15, 0.2) is 0 Å². The van der Waals surface area contributed by atoms with Crippen LogP contribution < -0.4 is 15.4 Å². The maximum Gasteiger partial charge on any atom is 0.226 e. The number of ether oxygens (including phenoxy) is 1. The maximum atomic E-state index is 12.0. The molecule has 1 atom stereocenters. The summed E-state index contributed by atoms with van der Waals surface area (Å²) in [6, 6.07) is 5.98. The Kier molecular flexibility index (Phi) is 4.30. The number of nitrogens with one attached hydrogen (secondary N) is 2. The fourth-order valence-corrected chi connectivity index (χ4v) is 2.16. The van der Waals surface area contributed by atoms with Gasteiger partial charge in [-0.1, -0.05) is 26.8 Å². The average Bonchev–Trinajstić information content (AvgIpc) is 2.54. The van der Waals surface area contributed by atoms with Gasteiger partial charge in [0.25, 0.3) is 0 Å². The van der Waals surface area contributed by atoms with Gasteiger partial charge in [0.2, 0.25) is 5.91 Å². The van der Waals surface area contributed by atoms with E-state index in [4.69, 9.17) is 4.74 Å². The second-order valence-electron chi connectivity index (χ2n) is 5.27. The molecule has 2 N–H and O–H groups in total. The summed E-state index contributed by atoms with van der Waals surface area (Å²) in [7, 11) is 0. The van der Waals surface area contributed by atoms with Gasteiger partial charge in [0, 0.05) is 12.5 Å². The first kappa shape index (κ1) is 13.7. The van der Waals surface area contributed by atoms with Crippen LogP contribution in [0.1, 0.15) is 33.6 Å². The number of hydrogen-bond donors (Lipinski definition) is 2. The van der Waals surface area contributed by atoms with Gasteiger partial charge in [-0.2, -0.15) is 0 Å². The second kappa shape index (κ2) is 5.95. The molecule has 0 aromatic heterocycles. The Bertz CT molecular complexity index is 457. The van der Waals surface area contributed by atoms with Crippen molar-refractivity contribution in [3.8, 4) is 5.75 Å². The van der Waals surface area contributed by atoms with Gasteiger partial charge in [-0.05, 0) is 24.5 Å². The highest BCUT2D eigenvalue weighted by Gasteiger charge is 2.24. The van der Waals surface area contributed by atoms with Crippen molar-refractivity contribution in [1.82, 2.24) is 0 Å². The Hall–Kier alpha value is -1.71. The van der Waals surface area contributed by atoms with E-state index in [0.29, 0.717) is 18.9 Å². The fraction of sp³-hybridized carbons (Fsp3) is 0.533. The van der Waals surface area contributed by atoms with Gasteiger partial charge in [-0.25, -0.2) is 0 Å². The lowest BCUT2D eigenvalue weighted by Crippen LogP contribution is -2.27. The van der Waals surface area contributed by atoms with Gasteiger partial charge >= 0.3 is 0 Å². The van der Waals surface area contributed by atoms with E-state index in [1.165, 1.54) is 0 Å². The molecule has 4 heteroatoms. The molecule has 1 aliphatic rings. The summed E-state index contributed by atoms with van der Waals surface area (Å²) in [5, 5.41) is 6.40. The summed E-state index contributed by atoms with van der Waals surface area (Å²) < 4.78 is 5.70. The van der Waals surface area contributed by atoms with Crippen molar-refractivity contribution in [2.75, 3.05) is 17.2 Å². The summed E-state index contributed by atoms with van der Waals surface area (Å²) in [6.45, 7) is 6.95. The number of rotatable bonds is 4. The molecule has 2 rings (SSSR count). The molecule has 0 radical (unpaired) electrons. The lowest BCUT2D eigenvalue weighted by molar-refractivity contribution is -0.116. The normalized spacial score (nSPS) is 18.3. The molecule has 1 heterocycles. The minimum atomic E-state index is 0.0394. The number of carbonyl (C=O) groups is 1. The fourth-order valence-electron chi connectivity index (χ4n) is 2.16. The number of anilines is 2.